The minimum Gasteiger partial charge on any atom is -0.433 e. The summed E-state index contributed by atoms with van der Waals surface area (Å²) in [6.45, 7) is 12.5. The molecule has 63 heavy (non-hydrogen) atoms. The number of carbonyl (C=O) groups is 1. The van der Waals surface area contributed by atoms with Crippen LogP contribution in [0.15, 0.2) is 152 Å². The van der Waals surface area contributed by atoms with E-state index in [2.05, 4.69) is 4.72 Å². The van der Waals surface area contributed by atoms with Gasteiger partial charge in [-0.25, -0.2) is 13.7 Å². The molecule has 2 heterocycles. The number of hydrogen-bond donors (Lipinski definition) is 1. The van der Waals surface area contributed by atoms with Crippen LogP contribution in [0.2, 0.25) is 0 Å². The highest BCUT2D eigenvalue weighted by atomic mass is 32.2. The fraction of sp³-hybridized carbons (Fsp3) is 0.404. The van der Waals surface area contributed by atoms with E-state index in [-0.39, 0.29) is 26.4 Å². The standard InChI is InChI=1S/C52H61NO9S/c1-50(2,3)49-61-48(54)52(62-49,41-30-20-11-21-31-41)47(53-63(55)51(4,5)6)46-45(59-35-40-28-18-10-19-29-40)44(58-34-39-26-16-9-17-27-39)43(57-33-38-24-14-8-15-25-38)42(60-46)36-56-32-37-22-12-7-13-23-37/h7-31,42-47,49,53H,32-36H2,1-6H3/t42-,43+,44+,45-,46-,47+,49-,52-,63+/m1/s1. The number of carbonyl (C=O) groups excluding carboxylic acids is 1. The first-order chi connectivity index (χ1) is 30.3. The summed E-state index contributed by atoms with van der Waals surface area (Å²) in [6, 6.07) is 47.7. The number of ether oxygens (including phenoxy) is 7. The van der Waals surface area contributed by atoms with Gasteiger partial charge in [0.25, 0.3) is 0 Å². The molecule has 0 amide bonds. The molecule has 0 unspecified atom stereocenters. The Morgan fingerprint density at radius 2 is 1.03 bits per heavy atom. The van der Waals surface area contributed by atoms with E-state index in [1.54, 1.807) is 0 Å². The van der Waals surface area contributed by atoms with Crippen molar-refractivity contribution in [1.82, 2.24) is 4.72 Å². The molecule has 0 spiro atoms. The fourth-order valence-corrected chi connectivity index (χ4v) is 8.68. The average molecular weight is 876 g/mol. The molecule has 2 saturated heterocycles. The highest BCUT2D eigenvalue weighted by Gasteiger charge is 2.65. The molecule has 7 rings (SSSR count). The van der Waals surface area contributed by atoms with Crippen molar-refractivity contribution in [2.24, 2.45) is 5.41 Å². The van der Waals surface area contributed by atoms with Gasteiger partial charge in [0.15, 0.2) is 0 Å². The fourth-order valence-electron chi connectivity index (χ4n) is 7.80. The summed E-state index contributed by atoms with van der Waals surface area (Å²) in [6.07, 6.45) is -5.33. The van der Waals surface area contributed by atoms with Crippen LogP contribution in [0.25, 0.3) is 0 Å². The zero-order chi connectivity index (χ0) is 44.5. The summed E-state index contributed by atoms with van der Waals surface area (Å²) in [5.41, 5.74) is 1.84. The average Bonchev–Trinajstić information content (AvgIpc) is 3.66. The Morgan fingerprint density at radius 3 is 1.48 bits per heavy atom. The van der Waals surface area contributed by atoms with Crippen LogP contribution in [0.5, 0.6) is 0 Å². The van der Waals surface area contributed by atoms with Crippen molar-refractivity contribution in [3.05, 3.63) is 179 Å². The lowest BCUT2D eigenvalue weighted by Crippen LogP contribution is -2.70. The molecule has 0 saturated carbocycles. The normalized spacial score (nSPS) is 25.0. The van der Waals surface area contributed by atoms with Crippen molar-refractivity contribution < 1.29 is 42.2 Å². The van der Waals surface area contributed by atoms with Gasteiger partial charge in [0.1, 0.15) is 30.5 Å². The predicted molar refractivity (Wildman–Crippen MR) is 243 cm³/mol. The van der Waals surface area contributed by atoms with Gasteiger partial charge in [-0.2, -0.15) is 0 Å². The van der Waals surface area contributed by atoms with E-state index in [0.29, 0.717) is 12.2 Å². The zero-order valence-corrected chi connectivity index (χ0v) is 37.9. The summed E-state index contributed by atoms with van der Waals surface area (Å²) in [7, 11) is -1.77. The van der Waals surface area contributed by atoms with Crippen molar-refractivity contribution in [3.63, 3.8) is 0 Å². The first kappa shape index (κ1) is 46.4. The smallest absolute Gasteiger partial charge is 0.347 e. The maximum atomic E-state index is 15.0. The summed E-state index contributed by atoms with van der Waals surface area (Å²) in [5.74, 6) is -0.636. The van der Waals surface area contributed by atoms with Gasteiger partial charge < -0.3 is 33.2 Å². The Bertz CT molecular complexity index is 2190. The summed E-state index contributed by atoms with van der Waals surface area (Å²) in [5, 5.41) is 0. The second kappa shape index (κ2) is 21.0. The van der Waals surface area contributed by atoms with Crippen LogP contribution < -0.4 is 4.72 Å². The third kappa shape index (κ3) is 11.6. The second-order valence-corrected chi connectivity index (χ2v) is 20.2. The number of benzene rings is 5. The molecule has 2 fully saturated rings. The molecule has 2 aliphatic rings. The third-order valence-corrected chi connectivity index (χ3v) is 12.8. The Kier molecular flexibility index (Phi) is 15.4. The van der Waals surface area contributed by atoms with E-state index in [0.717, 1.165) is 22.3 Å². The Morgan fingerprint density at radius 1 is 0.603 bits per heavy atom. The van der Waals surface area contributed by atoms with Crippen LogP contribution in [0, 0.1) is 5.41 Å². The van der Waals surface area contributed by atoms with E-state index < -0.39 is 75.6 Å². The third-order valence-electron chi connectivity index (χ3n) is 11.2. The summed E-state index contributed by atoms with van der Waals surface area (Å²) in [4.78, 5) is 15.0. The van der Waals surface area contributed by atoms with Crippen molar-refractivity contribution in [1.29, 1.82) is 0 Å². The van der Waals surface area contributed by atoms with E-state index >= 15 is 4.79 Å². The van der Waals surface area contributed by atoms with Gasteiger partial charge in [-0.1, -0.05) is 172 Å². The van der Waals surface area contributed by atoms with Crippen LogP contribution in [-0.4, -0.2) is 64.4 Å². The van der Waals surface area contributed by atoms with Crippen molar-refractivity contribution in [2.75, 3.05) is 6.61 Å². The van der Waals surface area contributed by atoms with Crippen molar-refractivity contribution in [2.45, 2.75) is 121 Å². The maximum absolute atomic E-state index is 15.0. The summed E-state index contributed by atoms with van der Waals surface area (Å²) < 4.78 is 65.5. The molecular weight excluding hydrogens is 815 g/mol. The Balaban J connectivity index is 1.40. The Hall–Kier alpha value is -4.56. The molecule has 0 bridgehead atoms. The molecule has 11 heteroatoms. The van der Waals surface area contributed by atoms with Gasteiger partial charge in [-0.3, -0.25) is 0 Å². The lowest BCUT2D eigenvalue weighted by atomic mass is 9.79. The van der Waals surface area contributed by atoms with E-state index in [9.17, 15) is 4.21 Å². The Labute approximate surface area is 375 Å². The van der Waals surface area contributed by atoms with Crippen LogP contribution in [0.4, 0.5) is 0 Å². The first-order valence-electron chi connectivity index (χ1n) is 21.7. The van der Waals surface area contributed by atoms with Gasteiger partial charge in [0, 0.05) is 5.41 Å². The predicted octanol–water partition coefficient (Wildman–Crippen LogP) is 8.99. The minimum atomic E-state index is -1.86. The minimum absolute atomic E-state index is 0.0881. The molecule has 0 radical (unpaired) electrons. The highest BCUT2D eigenvalue weighted by molar-refractivity contribution is 7.84. The van der Waals surface area contributed by atoms with Gasteiger partial charge >= 0.3 is 5.97 Å². The SMILES string of the molecule is CC(C)(C)[C@@H]1OC(=O)[C@@](c2ccccc2)([C@@H](N[S@@](=O)C(C)(C)C)[C@@H]2O[C@H](COCc3ccccc3)[C@H](OCc3ccccc3)[C@H](OCc3ccccc3)[C@H]2OCc2ccccc2)O1. The van der Waals surface area contributed by atoms with Crippen molar-refractivity contribution >= 4 is 17.0 Å². The van der Waals surface area contributed by atoms with E-state index in [1.165, 1.54) is 0 Å². The molecule has 5 aromatic carbocycles. The molecule has 9 atom stereocenters. The second-order valence-electron chi connectivity index (χ2n) is 18.2. The van der Waals surface area contributed by atoms with E-state index in [1.807, 2.05) is 193 Å². The largest absolute Gasteiger partial charge is 0.433 e. The number of nitrogens with one attached hydrogen (secondary N) is 1. The number of esters is 1. The van der Waals surface area contributed by atoms with Crippen LogP contribution >= 0.6 is 0 Å². The molecule has 0 aliphatic carbocycles. The molecule has 334 valence electrons. The summed E-state index contributed by atoms with van der Waals surface area (Å²) >= 11 is 0. The first-order valence-corrected chi connectivity index (χ1v) is 22.8. The van der Waals surface area contributed by atoms with E-state index in [4.69, 9.17) is 33.2 Å². The lowest BCUT2D eigenvalue weighted by molar-refractivity contribution is -0.285. The quantitative estimate of drug-likeness (QED) is 0.0863. The van der Waals surface area contributed by atoms with Crippen LogP contribution in [0.1, 0.15) is 69.4 Å². The van der Waals surface area contributed by atoms with Gasteiger partial charge in [0.2, 0.25) is 11.9 Å². The molecule has 10 nitrogen and oxygen atoms in total. The number of hydrogen-bond acceptors (Lipinski definition) is 9. The molecule has 2 aliphatic heterocycles. The zero-order valence-electron chi connectivity index (χ0n) is 37.1. The van der Waals surface area contributed by atoms with Gasteiger partial charge in [-0.05, 0) is 48.6 Å². The maximum Gasteiger partial charge on any atom is 0.347 e. The van der Waals surface area contributed by atoms with Gasteiger partial charge in [-0.15, -0.1) is 0 Å². The monoisotopic (exact) mass is 875 g/mol. The van der Waals surface area contributed by atoms with Crippen LogP contribution in [-0.2, 0) is 81.0 Å². The molecular formula is C52H61NO9S. The topological polar surface area (TPSA) is 111 Å². The highest BCUT2D eigenvalue weighted by Crippen LogP contribution is 2.47. The molecule has 5 aromatic rings. The lowest BCUT2D eigenvalue weighted by Gasteiger charge is -2.51. The molecule has 1 N–H and O–H groups in total. The number of rotatable bonds is 18. The van der Waals surface area contributed by atoms with Crippen molar-refractivity contribution in [3.8, 4) is 0 Å². The van der Waals surface area contributed by atoms with Crippen LogP contribution in [0.3, 0.4) is 0 Å². The van der Waals surface area contributed by atoms with Gasteiger partial charge in [0.05, 0.1) is 54.8 Å². The number of cyclic esters (lactones) is 1. The molecule has 0 aromatic heterocycles.